The predicted molar refractivity (Wildman–Crippen MR) is 123 cm³/mol. The zero-order valence-corrected chi connectivity index (χ0v) is 18.6. The summed E-state index contributed by atoms with van der Waals surface area (Å²) in [4.78, 5) is 26.5. The highest BCUT2D eigenvalue weighted by atomic mass is 32.2. The molecule has 6 nitrogen and oxygen atoms in total. The van der Waals surface area contributed by atoms with Gasteiger partial charge in [-0.25, -0.2) is 8.78 Å². The van der Waals surface area contributed by atoms with Crippen molar-refractivity contribution in [2.75, 3.05) is 30.2 Å². The standard InChI is InChI=1S/C24H20F2N2O4S/c1-31-18-9-15(10-19(12-18)32-2)23(30)27-17-6-3-14(4-7-17)24-28(22(29)13-33-24)21-8-5-16(25)11-20(21)26/h3-12,24H,13H2,1-2H3,(H,27,30). The minimum Gasteiger partial charge on any atom is -0.497 e. The molecule has 0 spiro atoms. The van der Waals surface area contributed by atoms with Gasteiger partial charge in [0.25, 0.3) is 5.91 Å². The van der Waals surface area contributed by atoms with Gasteiger partial charge in [-0.15, -0.1) is 11.8 Å². The number of benzene rings is 3. The number of carbonyl (C=O) groups is 2. The van der Waals surface area contributed by atoms with Crippen molar-refractivity contribution in [2.24, 2.45) is 0 Å². The van der Waals surface area contributed by atoms with Crippen LogP contribution in [0.4, 0.5) is 20.2 Å². The Morgan fingerprint density at radius 2 is 1.67 bits per heavy atom. The Morgan fingerprint density at radius 3 is 2.27 bits per heavy atom. The Hall–Kier alpha value is -3.59. The van der Waals surface area contributed by atoms with Gasteiger partial charge in [0.15, 0.2) is 0 Å². The molecule has 3 aromatic carbocycles. The van der Waals surface area contributed by atoms with Crippen LogP contribution in [0.25, 0.3) is 0 Å². The van der Waals surface area contributed by atoms with E-state index in [1.165, 1.54) is 36.9 Å². The predicted octanol–water partition coefficient (Wildman–Crippen LogP) is 5.01. The SMILES string of the molecule is COc1cc(OC)cc(C(=O)Nc2ccc(C3SCC(=O)N3c3ccc(F)cc3F)cc2)c1. The number of hydrogen-bond acceptors (Lipinski definition) is 5. The molecule has 0 aromatic heterocycles. The van der Waals surface area contributed by atoms with Gasteiger partial charge in [-0.1, -0.05) is 12.1 Å². The Balaban J connectivity index is 1.53. The normalized spacial score (nSPS) is 15.5. The lowest BCUT2D eigenvalue weighted by molar-refractivity contribution is -0.115. The first kappa shape index (κ1) is 22.6. The van der Waals surface area contributed by atoms with Gasteiger partial charge in [0.1, 0.15) is 28.5 Å². The van der Waals surface area contributed by atoms with Gasteiger partial charge in [0.2, 0.25) is 5.91 Å². The van der Waals surface area contributed by atoms with E-state index in [1.54, 1.807) is 42.5 Å². The average molecular weight is 470 g/mol. The van der Waals surface area contributed by atoms with Crippen LogP contribution in [0.3, 0.4) is 0 Å². The van der Waals surface area contributed by atoms with Gasteiger partial charge in [-0.2, -0.15) is 0 Å². The highest BCUT2D eigenvalue weighted by Gasteiger charge is 2.35. The van der Waals surface area contributed by atoms with Crippen molar-refractivity contribution >= 4 is 35.0 Å². The van der Waals surface area contributed by atoms with Crippen LogP contribution in [-0.4, -0.2) is 31.8 Å². The molecule has 3 aromatic rings. The second-order valence-electron chi connectivity index (χ2n) is 7.20. The Labute approximate surface area is 193 Å². The lowest BCUT2D eigenvalue weighted by Gasteiger charge is -2.25. The quantitative estimate of drug-likeness (QED) is 0.548. The molecule has 0 radical (unpaired) electrons. The molecule has 1 fully saturated rings. The third-order valence-electron chi connectivity index (χ3n) is 5.10. The van der Waals surface area contributed by atoms with Crippen LogP contribution in [-0.2, 0) is 4.79 Å². The Morgan fingerprint density at radius 1 is 1.00 bits per heavy atom. The summed E-state index contributed by atoms with van der Waals surface area (Å²) in [7, 11) is 3.00. The van der Waals surface area contributed by atoms with Crippen LogP contribution in [0.1, 0.15) is 21.3 Å². The van der Waals surface area contributed by atoms with E-state index in [9.17, 15) is 18.4 Å². The van der Waals surface area contributed by atoms with Crippen molar-refractivity contribution in [3.05, 3.63) is 83.4 Å². The number of halogens is 2. The molecule has 1 N–H and O–H groups in total. The van der Waals surface area contributed by atoms with Crippen molar-refractivity contribution in [1.82, 2.24) is 0 Å². The summed E-state index contributed by atoms with van der Waals surface area (Å²) < 4.78 is 38.0. The molecule has 33 heavy (non-hydrogen) atoms. The second kappa shape index (κ2) is 9.50. The summed E-state index contributed by atoms with van der Waals surface area (Å²) in [6.45, 7) is 0. The van der Waals surface area contributed by atoms with Gasteiger partial charge >= 0.3 is 0 Å². The fourth-order valence-corrected chi connectivity index (χ4v) is 4.65. The third kappa shape index (κ3) is 4.78. The number of methoxy groups -OCH3 is 2. The van der Waals surface area contributed by atoms with E-state index >= 15 is 0 Å². The number of nitrogens with one attached hydrogen (secondary N) is 1. The van der Waals surface area contributed by atoms with Gasteiger partial charge in [0.05, 0.1) is 25.7 Å². The van der Waals surface area contributed by atoms with Crippen LogP contribution >= 0.6 is 11.8 Å². The van der Waals surface area contributed by atoms with Crippen LogP contribution in [0, 0.1) is 11.6 Å². The number of carbonyl (C=O) groups excluding carboxylic acids is 2. The number of thioether (sulfide) groups is 1. The number of rotatable bonds is 6. The van der Waals surface area contributed by atoms with E-state index in [2.05, 4.69) is 5.32 Å². The summed E-state index contributed by atoms with van der Waals surface area (Å²) in [6, 6.07) is 14.9. The van der Waals surface area contributed by atoms with Crippen LogP contribution in [0.15, 0.2) is 60.7 Å². The number of hydrogen-bond donors (Lipinski definition) is 1. The second-order valence-corrected chi connectivity index (χ2v) is 8.27. The first-order valence-corrected chi connectivity index (χ1v) is 11.0. The van der Waals surface area contributed by atoms with Crippen LogP contribution in [0.2, 0.25) is 0 Å². The van der Waals surface area contributed by atoms with E-state index in [4.69, 9.17) is 9.47 Å². The smallest absolute Gasteiger partial charge is 0.255 e. The highest BCUT2D eigenvalue weighted by Crippen LogP contribution is 2.42. The molecule has 0 saturated carbocycles. The lowest BCUT2D eigenvalue weighted by Crippen LogP contribution is -2.28. The van der Waals surface area contributed by atoms with Crippen molar-refractivity contribution in [3.63, 3.8) is 0 Å². The van der Waals surface area contributed by atoms with Crippen molar-refractivity contribution in [1.29, 1.82) is 0 Å². The molecule has 1 aliphatic rings. The molecular weight excluding hydrogens is 450 g/mol. The molecule has 0 bridgehead atoms. The maximum absolute atomic E-state index is 14.3. The zero-order valence-electron chi connectivity index (χ0n) is 17.8. The van der Waals surface area contributed by atoms with Gasteiger partial charge in [-0.05, 0) is 42.0 Å². The molecule has 4 rings (SSSR count). The minimum atomic E-state index is -0.798. The molecule has 0 aliphatic carbocycles. The average Bonchev–Trinajstić information content (AvgIpc) is 3.20. The van der Waals surface area contributed by atoms with Crippen molar-refractivity contribution < 1.29 is 27.8 Å². The van der Waals surface area contributed by atoms with Gasteiger partial charge < -0.3 is 14.8 Å². The van der Waals surface area contributed by atoms with Crippen molar-refractivity contribution in [3.8, 4) is 11.5 Å². The molecule has 1 unspecified atom stereocenters. The first-order valence-electron chi connectivity index (χ1n) is 9.92. The number of amides is 2. The molecule has 9 heteroatoms. The third-order valence-corrected chi connectivity index (χ3v) is 6.32. The van der Waals surface area contributed by atoms with E-state index in [1.807, 2.05) is 0 Å². The molecule has 1 heterocycles. The number of nitrogens with zero attached hydrogens (tertiary/aromatic N) is 1. The fraction of sp³-hybridized carbons (Fsp3) is 0.167. The maximum atomic E-state index is 14.3. The summed E-state index contributed by atoms with van der Waals surface area (Å²) in [5, 5.41) is 2.34. The summed E-state index contributed by atoms with van der Waals surface area (Å²) in [6.07, 6.45) is 0. The van der Waals surface area contributed by atoms with E-state index < -0.39 is 17.0 Å². The molecule has 1 aliphatic heterocycles. The lowest BCUT2D eigenvalue weighted by atomic mass is 10.1. The molecule has 1 atom stereocenters. The molecule has 1 saturated heterocycles. The van der Waals surface area contributed by atoms with Crippen LogP contribution < -0.4 is 19.7 Å². The summed E-state index contributed by atoms with van der Waals surface area (Å²) in [5.74, 6) is -0.955. The van der Waals surface area contributed by atoms with Crippen molar-refractivity contribution in [2.45, 2.75) is 5.37 Å². The van der Waals surface area contributed by atoms with Crippen LogP contribution in [0.5, 0.6) is 11.5 Å². The minimum absolute atomic E-state index is 0.0285. The van der Waals surface area contributed by atoms with E-state index in [-0.39, 0.29) is 23.3 Å². The monoisotopic (exact) mass is 470 g/mol. The van der Waals surface area contributed by atoms with Gasteiger partial charge in [-0.3, -0.25) is 14.5 Å². The molecule has 2 amide bonds. The largest absolute Gasteiger partial charge is 0.497 e. The fourth-order valence-electron chi connectivity index (χ4n) is 3.48. The Bertz CT molecular complexity index is 1180. The Kier molecular flexibility index (Phi) is 6.50. The van der Waals surface area contributed by atoms with Gasteiger partial charge in [0, 0.05) is 23.4 Å². The number of anilines is 2. The zero-order chi connectivity index (χ0) is 23.5. The number of ether oxygens (including phenoxy) is 2. The topological polar surface area (TPSA) is 67.9 Å². The molecule has 170 valence electrons. The summed E-state index contributed by atoms with van der Waals surface area (Å²) >= 11 is 1.35. The van der Waals surface area contributed by atoms with E-state index in [0.29, 0.717) is 22.7 Å². The summed E-state index contributed by atoms with van der Waals surface area (Å²) in [5.41, 5.74) is 1.68. The van der Waals surface area contributed by atoms with E-state index in [0.717, 1.165) is 17.7 Å². The first-order chi connectivity index (χ1) is 15.9. The molecular formula is C24H20F2N2O4S. The maximum Gasteiger partial charge on any atom is 0.255 e. The highest BCUT2D eigenvalue weighted by molar-refractivity contribution is 8.00.